The fourth-order valence-corrected chi connectivity index (χ4v) is 8.45. The summed E-state index contributed by atoms with van der Waals surface area (Å²) in [5, 5.41) is 4.25. The van der Waals surface area contributed by atoms with Crippen LogP contribution in [0.2, 0.25) is 0 Å². The molecule has 0 aliphatic carbocycles. The molecule has 6 rings (SSSR count). The van der Waals surface area contributed by atoms with Crippen molar-refractivity contribution < 1.29 is 8.42 Å². The average Bonchev–Trinajstić information content (AvgIpc) is 3.11. The molecule has 0 amide bonds. The second-order valence-corrected chi connectivity index (χ2v) is 13.4. The first-order valence-corrected chi connectivity index (χ1v) is 15.5. The van der Waals surface area contributed by atoms with E-state index < -0.39 is 21.1 Å². The standard InChI is InChI=1S/C37H31NO2S/c1-36(2)34-24-21-27(25-35(34)37(3,4)38(36)41(5,39)40)20-23-33-30-17-11-9-15-28(30)32(29-16-10-12-18-31(29)33)22-19-26-13-7-6-8-14-26/h6-18,21,24-25H,1-5H3. The Morgan fingerprint density at radius 2 is 0.976 bits per heavy atom. The number of nitrogens with zero attached hydrogens (tertiary/aromatic N) is 1. The van der Waals surface area contributed by atoms with E-state index in [2.05, 4.69) is 54.0 Å². The summed E-state index contributed by atoms with van der Waals surface area (Å²) >= 11 is 0. The van der Waals surface area contributed by atoms with Crippen molar-refractivity contribution >= 4 is 31.6 Å². The minimum Gasteiger partial charge on any atom is -0.212 e. The summed E-state index contributed by atoms with van der Waals surface area (Å²) in [4.78, 5) is 0. The lowest BCUT2D eigenvalue weighted by Crippen LogP contribution is -2.48. The summed E-state index contributed by atoms with van der Waals surface area (Å²) in [6, 6.07) is 32.7. The molecular weight excluding hydrogens is 522 g/mol. The Hall–Kier alpha value is -4.35. The van der Waals surface area contributed by atoms with Crippen LogP contribution in [0, 0.1) is 23.7 Å². The van der Waals surface area contributed by atoms with Crippen molar-refractivity contribution in [3.05, 3.63) is 130 Å². The van der Waals surface area contributed by atoms with E-state index in [0.29, 0.717) is 0 Å². The van der Waals surface area contributed by atoms with Crippen molar-refractivity contribution in [3.63, 3.8) is 0 Å². The Bertz CT molecular complexity index is 2030. The minimum atomic E-state index is -3.44. The molecule has 0 N–H and O–H groups in total. The third-order valence-corrected chi connectivity index (χ3v) is 9.63. The van der Waals surface area contributed by atoms with Crippen molar-refractivity contribution in [1.29, 1.82) is 0 Å². The van der Waals surface area contributed by atoms with Gasteiger partial charge in [-0.15, -0.1) is 0 Å². The van der Waals surface area contributed by atoms with Crippen molar-refractivity contribution in [2.45, 2.75) is 38.8 Å². The molecule has 0 spiro atoms. The van der Waals surface area contributed by atoms with Gasteiger partial charge >= 0.3 is 0 Å². The Labute approximate surface area is 242 Å². The summed E-state index contributed by atoms with van der Waals surface area (Å²) in [5.41, 5.74) is 4.43. The highest BCUT2D eigenvalue weighted by molar-refractivity contribution is 7.88. The molecule has 1 aliphatic heterocycles. The molecule has 0 atom stereocenters. The number of rotatable bonds is 1. The minimum absolute atomic E-state index is 0.651. The van der Waals surface area contributed by atoms with Gasteiger partial charge in [-0.2, -0.15) is 4.31 Å². The van der Waals surface area contributed by atoms with Crippen molar-refractivity contribution in [3.8, 4) is 23.7 Å². The van der Waals surface area contributed by atoms with Crippen LogP contribution in [0.4, 0.5) is 0 Å². The molecule has 202 valence electrons. The molecule has 0 unspecified atom stereocenters. The topological polar surface area (TPSA) is 37.4 Å². The Morgan fingerprint density at radius 1 is 0.537 bits per heavy atom. The van der Waals surface area contributed by atoms with Gasteiger partial charge in [-0.1, -0.05) is 96.5 Å². The van der Waals surface area contributed by atoms with Gasteiger partial charge in [-0.3, -0.25) is 0 Å². The highest BCUT2D eigenvalue weighted by Gasteiger charge is 2.53. The number of sulfonamides is 1. The quantitative estimate of drug-likeness (QED) is 0.159. The maximum absolute atomic E-state index is 12.8. The van der Waals surface area contributed by atoms with Gasteiger partial charge in [0.15, 0.2) is 0 Å². The SMILES string of the molecule is CC1(C)c2ccc(C#Cc3c4ccccc4c(C#Cc4ccccc4)c4ccccc34)cc2C(C)(C)N1S(C)(=O)=O. The van der Waals surface area contributed by atoms with E-state index in [4.69, 9.17) is 0 Å². The molecule has 5 aromatic rings. The first-order valence-electron chi connectivity index (χ1n) is 13.7. The Kier molecular flexibility index (Phi) is 6.31. The zero-order valence-electron chi connectivity index (χ0n) is 23.9. The third-order valence-electron chi connectivity index (χ3n) is 8.05. The molecule has 41 heavy (non-hydrogen) atoms. The summed E-state index contributed by atoms with van der Waals surface area (Å²) < 4.78 is 27.3. The number of hydrogen-bond acceptors (Lipinski definition) is 2. The highest BCUT2D eigenvalue weighted by Crippen LogP contribution is 2.51. The van der Waals surface area contributed by atoms with E-state index in [1.165, 1.54) is 6.26 Å². The zero-order chi connectivity index (χ0) is 29.0. The fourth-order valence-electron chi connectivity index (χ4n) is 6.60. The van der Waals surface area contributed by atoms with Crippen LogP contribution < -0.4 is 0 Å². The van der Waals surface area contributed by atoms with Gasteiger partial charge in [-0.05, 0) is 84.6 Å². The largest absolute Gasteiger partial charge is 0.212 e. The molecule has 1 aliphatic rings. The molecule has 0 bridgehead atoms. The van der Waals surface area contributed by atoms with Crippen molar-refractivity contribution in [2.75, 3.05) is 6.26 Å². The van der Waals surface area contributed by atoms with Gasteiger partial charge in [-0.25, -0.2) is 8.42 Å². The van der Waals surface area contributed by atoms with E-state index >= 15 is 0 Å². The average molecular weight is 554 g/mol. The number of hydrogen-bond donors (Lipinski definition) is 0. The van der Waals surface area contributed by atoms with Crippen molar-refractivity contribution in [1.82, 2.24) is 4.31 Å². The monoisotopic (exact) mass is 553 g/mol. The maximum Gasteiger partial charge on any atom is 0.212 e. The van der Waals surface area contributed by atoms with Crippen LogP contribution in [-0.2, 0) is 21.1 Å². The second kappa shape index (κ2) is 9.64. The normalized spacial score (nSPS) is 15.5. The van der Waals surface area contributed by atoms with Crippen LogP contribution in [0.5, 0.6) is 0 Å². The summed E-state index contributed by atoms with van der Waals surface area (Å²) in [6.07, 6.45) is 1.28. The van der Waals surface area contributed by atoms with E-state index in [-0.39, 0.29) is 0 Å². The lowest BCUT2D eigenvalue weighted by atomic mass is 9.89. The molecule has 0 fully saturated rings. The molecule has 1 heterocycles. The number of benzene rings is 5. The van der Waals surface area contributed by atoms with Gasteiger partial charge in [0, 0.05) is 22.3 Å². The van der Waals surface area contributed by atoms with E-state index in [0.717, 1.165) is 54.9 Å². The van der Waals surface area contributed by atoms with Crippen LogP contribution in [0.3, 0.4) is 0 Å². The maximum atomic E-state index is 12.8. The van der Waals surface area contributed by atoms with Crippen LogP contribution >= 0.6 is 0 Å². The van der Waals surface area contributed by atoms with Gasteiger partial charge in [0.1, 0.15) is 0 Å². The molecule has 5 aromatic carbocycles. The molecule has 0 aromatic heterocycles. The lowest BCUT2D eigenvalue weighted by Gasteiger charge is -2.38. The summed E-state index contributed by atoms with van der Waals surface area (Å²) in [6.45, 7) is 7.87. The molecule has 3 nitrogen and oxygen atoms in total. The zero-order valence-corrected chi connectivity index (χ0v) is 24.7. The third kappa shape index (κ3) is 4.51. The second-order valence-electron chi connectivity index (χ2n) is 11.6. The first kappa shape index (κ1) is 26.9. The summed E-state index contributed by atoms with van der Waals surface area (Å²) in [7, 11) is -3.44. The first-order chi connectivity index (χ1) is 19.5. The van der Waals surface area contributed by atoms with Crippen LogP contribution in [0.1, 0.15) is 61.1 Å². The van der Waals surface area contributed by atoms with Crippen molar-refractivity contribution in [2.24, 2.45) is 0 Å². The Balaban J connectivity index is 1.52. The number of fused-ring (bicyclic) bond motifs is 3. The van der Waals surface area contributed by atoms with E-state index in [1.54, 1.807) is 4.31 Å². The fraction of sp³-hybridized carbons (Fsp3) is 0.189. The van der Waals surface area contributed by atoms with E-state index in [9.17, 15) is 8.42 Å². The molecular formula is C37H31NO2S. The lowest BCUT2D eigenvalue weighted by molar-refractivity contribution is 0.147. The van der Waals surface area contributed by atoms with Crippen LogP contribution in [-0.4, -0.2) is 19.0 Å². The van der Waals surface area contributed by atoms with Gasteiger partial charge in [0.2, 0.25) is 10.0 Å². The predicted octanol–water partition coefficient (Wildman–Crippen LogP) is 7.54. The van der Waals surface area contributed by atoms with Gasteiger partial charge in [0.25, 0.3) is 0 Å². The summed E-state index contributed by atoms with van der Waals surface area (Å²) in [5.74, 6) is 13.7. The van der Waals surface area contributed by atoms with Gasteiger partial charge in [0.05, 0.1) is 17.3 Å². The molecule has 4 heteroatoms. The highest BCUT2D eigenvalue weighted by atomic mass is 32.2. The van der Waals surface area contributed by atoms with Crippen LogP contribution in [0.25, 0.3) is 21.5 Å². The van der Waals surface area contributed by atoms with Crippen LogP contribution in [0.15, 0.2) is 97.1 Å². The molecule has 0 saturated heterocycles. The predicted molar refractivity (Wildman–Crippen MR) is 169 cm³/mol. The Morgan fingerprint density at radius 3 is 1.46 bits per heavy atom. The smallest absolute Gasteiger partial charge is 0.212 e. The molecule has 0 radical (unpaired) electrons. The van der Waals surface area contributed by atoms with E-state index in [1.807, 2.05) is 94.4 Å². The van der Waals surface area contributed by atoms with Gasteiger partial charge < -0.3 is 0 Å². The molecule has 0 saturated carbocycles.